The summed E-state index contributed by atoms with van der Waals surface area (Å²) in [5, 5.41) is 2.92. The van der Waals surface area contributed by atoms with Crippen LogP contribution in [0.25, 0.3) is 0 Å². The lowest BCUT2D eigenvalue weighted by atomic mass is 10.1. The second-order valence-electron chi connectivity index (χ2n) is 4.28. The maximum absolute atomic E-state index is 10.5. The number of nitrogens with zero attached hydrogens (tertiary/aromatic N) is 2. The van der Waals surface area contributed by atoms with Crippen LogP contribution in [0.15, 0.2) is 23.4 Å². The van der Waals surface area contributed by atoms with Crippen molar-refractivity contribution >= 4 is 11.4 Å². The number of hydrogen-bond donors (Lipinski definition) is 1. The molecule has 4 heteroatoms. The van der Waals surface area contributed by atoms with Crippen LogP contribution in [0.2, 0.25) is 0 Å². The van der Waals surface area contributed by atoms with Crippen molar-refractivity contribution in [3.05, 3.63) is 28.7 Å². The molecule has 0 aromatic heterocycles. The average molecular weight is 219 g/mol. The zero-order valence-electron chi connectivity index (χ0n) is 9.35. The van der Waals surface area contributed by atoms with E-state index in [2.05, 4.69) is 10.1 Å². The van der Waals surface area contributed by atoms with E-state index in [4.69, 9.17) is 5.73 Å². The normalized spacial score (nSPS) is 16.5. The lowest BCUT2D eigenvalue weighted by molar-refractivity contribution is 0.343. The molecule has 16 heavy (non-hydrogen) atoms. The molecule has 1 aromatic rings. The number of hydrogen-bond acceptors (Lipinski definition) is 4. The smallest absolute Gasteiger partial charge is 0.131 e. The molecule has 4 nitrogen and oxygen atoms in total. The third-order valence-corrected chi connectivity index (χ3v) is 3.11. The molecular formula is C12H17N3O. The number of nitrogen functional groups attached to an aromatic ring is 1. The van der Waals surface area contributed by atoms with Crippen LogP contribution in [0.1, 0.15) is 18.4 Å². The second-order valence-corrected chi connectivity index (χ2v) is 4.28. The summed E-state index contributed by atoms with van der Waals surface area (Å²) in [6, 6.07) is 5.52. The van der Waals surface area contributed by atoms with E-state index >= 15 is 0 Å². The zero-order chi connectivity index (χ0) is 11.4. The Balaban J connectivity index is 1.95. The summed E-state index contributed by atoms with van der Waals surface area (Å²) < 4.78 is 0. The largest absolute Gasteiger partial charge is 0.397 e. The van der Waals surface area contributed by atoms with Gasteiger partial charge in [-0.05, 0) is 55.2 Å². The Labute approximate surface area is 95.4 Å². The van der Waals surface area contributed by atoms with Crippen molar-refractivity contribution < 1.29 is 0 Å². The molecule has 86 valence electrons. The van der Waals surface area contributed by atoms with E-state index in [1.165, 1.54) is 25.9 Å². The lowest BCUT2D eigenvalue weighted by Crippen LogP contribution is -2.21. The number of nitrogens with two attached hydrogens (primary N) is 1. The third-order valence-electron chi connectivity index (χ3n) is 3.11. The van der Waals surface area contributed by atoms with Gasteiger partial charge in [0.05, 0.1) is 5.69 Å². The average Bonchev–Trinajstić information content (AvgIpc) is 2.81. The molecule has 2 N–H and O–H groups in total. The Morgan fingerprint density at radius 2 is 2.06 bits per heavy atom. The molecule has 1 aliphatic heterocycles. The van der Waals surface area contributed by atoms with Gasteiger partial charge in [0.25, 0.3) is 0 Å². The minimum atomic E-state index is 0.360. The SMILES string of the molecule is Nc1ccc(CCN2CCCC2)cc1N=O. The van der Waals surface area contributed by atoms with Gasteiger partial charge in [-0.25, -0.2) is 0 Å². The lowest BCUT2D eigenvalue weighted by Gasteiger charge is -2.14. The van der Waals surface area contributed by atoms with Gasteiger partial charge >= 0.3 is 0 Å². The van der Waals surface area contributed by atoms with Crippen molar-refractivity contribution in [2.75, 3.05) is 25.4 Å². The molecular weight excluding hydrogens is 202 g/mol. The minimum absolute atomic E-state index is 0.360. The van der Waals surface area contributed by atoms with Gasteiger partial charge in [-0.1, -0.05) is 6.07 Å². The maximum atomic E-state index is 10.5. The van der Waals surface area contributed by atoms with Gasteiger partial charge in [0, 0.05) is 6.54 Å². The van der Waals surface area contributed by atoms with Crippen molar-refractivity contribution in [1.29, 1.82) is 0 Å². The topological polar surface area (TPSA) is 58.7 Å². The van der Waals surface area contributed by atoms with Gasteiger partial charge in [0.2, 0.25) is 0 Å². The third kappa shape index (κ3) is 2.58. The first-order valence-electron chi connectivity index (χ1n) is 5.74. The molecule has 0 amide bonds. The van der Waals surface area contributed by atoms with E-state index in [0.717, 1.165) is 18.5 Å². The van der Waals surface area contributed by atoms with Crippen LogP contribution in [0, 0.1) is 4.91 Å². The van der Waals surface area contributed by atoms with Crippen molar-refractivity contribution in [1.82, 2.24) is 4.90 Å². The molecule has 0 bridgehead atoms. The Morgan fingerprint density at radius 1 is 1.31 bits per heavy atom. The van der Waals surface area contributed by atoms with Gasteiger partial charge in [-0.3, -0.25) is 0 Å². The van der Waals surface area contributed by atoms with E-state index in [9.17, 15) is 4.91 Å². The van der Waals surface area contributed by atoms with Crippen LogP contribution >= 0.6 is 0 Å². The fourth-order valence-electron chi connectivity index (χ4n) is 2.12. The number of rotatable bonds is 4. The highest BCUT2D eigenvalue weighted by atomic mass is 16.3. The maximum Gasteiger partial charge on any atom is 0.131 e. The highest BCUT2D eigenvalue weighted by Crippen LogP contribution is 2.23. The summed E-state index contributed by atoms with van der Waals surface area (Å²) >= 11 is 0. The molecule has 1 aromatic carbocycles. The Bertz CT molecular complexity index is 373. The fraction of sp³-hybridized carbons (Fsp3) is 0.500. The first-order chi connectivity index (χ1) is 7.79. The number of benzene rings is 1. The van der Waals surface area contributed by atoms with Crippen LogP contribution in [0.5, 0.6) is 0 Å². The fourth-order valence-corrected chi connectivity index (χ4v) is 2.12. The first kappa shape index (κ1) is 11.1. The standard InChI is InChI=1S/C12H17N3O/c13-11-4-3-10(9-12(11)14-16)5-8-15-6-1-2-7-15/h3-4,9H,1-2,5-8,13H2. The van der Waals surface area contributed by atoms with Gasteiger partial charge < -0.3 is 10.6 Å². The van der Waals surface area contributed by atoms with Gasteiger partial charge in [0.15, 0.2) is 0 Å². The monoisotopic (exact) mass is 219 g/mol. The van der Waals surface area contributed by atoms with Crippen LogP contribution in [0.4, 0.5) is 11.4 Å². The van der Waals surface area contributed by atoms with Gasteiger partial charge in [-0.2, -0.15) is 0 Å². The molecule has 1 fully saturated rings. The summed E-state index contributed by atoms with van der Waals surface area (Å²) in [5.74, 6) is 0. The van der Waals surface area contributed by atoms with Gasteiger partial charge in [0.1, 0.15) is 5.69 Å². The first-order valence-corrected chi connectivity index (χ1v) is 5.74. The van der Waals surface area contributed by atoms with E-state index in [1.54, 1.807) is 12.1 Å². The number of likely N-dealkylation sites (tertiary alicyclic amines) is 1. The number of anilines is 1. The quantitative estimate of drug-likeness (QED) is 0.624. The second kappa shape index (κ2) is 5.07. The molecule has 0 unspecified atom stereocenters. The van der Waals surface area contributed by atoms with Crippen molar-refractivity contribution in [2.45, 2.75) is 19.3 Å². The summed E-state index contributed by atoms with van der Waals surface area (Å²) in [6.07, 6.45) is 3.58. The number of nitroso groups, excluding NO2 is 1. The van der Waals surface area contributed by atoms with E-state index in [-0.39, 0.29) is 0 Å². The Hall–Kier alpha value is -1.42. The zero-order valence-corrected chi connectivity index (χ0v) is 9.35. The summed E-state index contributed by atoms with van der Waals surface area (Å²) in [7, 11) is 0. The molecule has 2 rings (SSSR count). The molecule has 1 heterocycles. The van der Waals surface area contributed by atoms with E-state index in [0.29, 0.717) is 11.4 Å². The van der Waals surface area contributed by atoms with Crippen LogP contribution in [-0.4, -0.2) is 24.5 Å². The van der Waals surface area contributed by atoms with E-state index < -0.39 is 0 Å². The Morgan fingerprint density at radius 3 is 2.75 bits per heavy atom. The summed E-state index contributed by atoms with van der Waals surface area (Å²) in [4.78, 5) is 12.9. The van der Waals surface area contributed by atoms with E-state index in [1.807, 2.05) is 6.07 Å². The van der Waals surface area contributed by atoms with Crippen molar-refractivity contribution in [3.8, 4) is 0 Å². The Kier molecular flexibility index (Phi) is 3.51. The molecule has 0 atom stereocenters. The summed E-state index contributed by atoms with van der Waals surface area (Å²) in [5.41, 5.74) is 7.57. The van der Waals surface area contributed by atoms with Crippen LogP contribution in [-0.2, 0) is 6.42 Å². The predicted octanol–water partition coefficient (Wildman–Crippen LogP) is 2.31. The predicted molar refractivity (Wildman–Crippen MR) is 65.7 cm³/mol. The van der Waals surface area contributed by atoms with Crippen LogP contribution in [0.3, 0.4) is 0 Å². The molecule has 0 aliphatic carbocycles. The molecule has 1 aliphatic rings. The highest BCUT2D eigenvalue weighted by Gasteiger charge is 2.11. The van der Waals surface area contributed by atoms with Crippen molar-refractivity contribution in [2.24, 2.45) is 5.18 Å². The summed E-state index contributed by atoms with van der Waals surface area (Å²) in [6.45, 7) is 3.46. The molecule has 1 saturated heterocycles. The molecule has 0 spiro atoms. The van der Waals surface area contributed by atoms with Crippen molar-refractivity contribution in [3.63, 3.8) is 0 Å². The minimum Gasteiger partial charge on any atom is -0.397 e. The molecule has 0 saturated carbocycles. The highest BCUT2D eigenvalue weighted by molar-refractivity contribution is 5.63. The van der Waals surface area contributed by atoms with Crippen LogP contribution < -0.4 is 5.73 Å². The molecule has 0 radical (unpaired) electrons. The van der Waals surface area contributed by atoms with Gasteiger partial charge in [-0.15, -0.1) is 4.91 Å².